The highest BCUT2D eigenvalue weighted by Gasteiger charge is 2.31. The zero-order valence-corrected chi connectivity index (χ0v) is 12.0. The molecule has 2 heterocycles. The molecule has 1 aromatic heterocycles. The first-order chi connectivity index (χ1) is 9.42. The van der Waals surface area contributed by atoms with E-state index in [0.717, 1.165) is 11.0 Å². The highest BCUT2D eigenvalue weighted by Crippen LogP contribution is 2.38. The molecule has 4 rings (SSSR count). The number of thioether (sulfide) groups is 1. The second kappa shape index (κ2) is 4.93. The Balaban J connectivity index is 1.67. The van der Waals surface area contributed by atoms with Gasteiger partial charge in [-0.1, -0.05) is 37.4 Å². The molecule has 0 radical (unpaired) electrons. The molecule has 2 saturated carbocycles. The summed E-state index contributed by atoms with van der Waals surface area (Å²) in [4.78, 5) is 0. The average Bonchev–Trinajstić information content (AvgIpc) is 2.88. The molecule has 0 unspecified atom stereocenters. The van der Waals surface area contributed by atoms with Crippen molar-refractivity contribution in [2.24, 2.45) is 5.10 Å². The molecule has 3 aliphatic rings. The minimum Gasteiger partial charge on any atom is -0.191 e. The Morgan fingerprint density at radius 3 is 2.68 bits per heavy atom. The summed E-state index contributed by atoms with van der Waals surface area (Å²) in [5, 5.41) is 15.3. The molecule has 102 valence electrons. The Bertz CT molecular complexity index is 502. The Labute approximate surface area is 118 Å². The van der Waals surface area contributed by atoms with Gasteiger partial charge in [0, 0.05) is 5.92 Å². The first-order valence-electron chi connectivity index (χ1n) is 7.61. The number of hydrogen-bond acceptors (Lipinski definition) is 4. The van der Waals surface area contributed by atoms with Crippen molar-refractivity contribution in [3.8, 4) is 0 Å². The molecule has 19 heavy (non-hydrogen) atoms. The van der Waals surface area contributed by atoms with Crippen LogP contribution in [0.5, 0.6) is 0 Å². The van der Waals surface area contributed by atoms with Crippen LogP contribution in [0, 0.1) is 0 Å². The van der Waals surface area contributed by atoms with Gasteiger partial charge in [0.1, 0.15) is 0 Å². The van der Waals surface area contributed by atoms with E-state index in [4.69, 9.17) is 5.10 Å². The lowest BCUT2D eigenvalue weighted by atomic mass is 9.89. The van der Waals surface area contributed by atoms with Crippen molar-refractivity contribution < 1.29 is 0 Å². The van der Waals surface area contributed by atoms with E-state index in [-0.39, 0.29) is 0 Å². The molecule has 2 aliphatic carbocycles. The fourth-order valence-electron chi connectivity index (χ4n) is 3.52. The van der Waals surface area contributed by atoms with Crippen LogP contribution in [0.25, 0.3) is 0 Å². The second-order valence-corrected chi connectivity index (χ2v) is 7.10. The number of rotatable bonds is 1. The molecule has 0 bridgehead atoms. The maximum absolute atomic E-state index is 4.89. The molecule has 1 atom stereocenters. The number of aromatic nitrogens is 3. The van der Waals surface area contributed by atoms with Crippen LogP contribution in [0.15, 0.2) is 10.3 Å². The van der Waals surface area contributed by atoms with Gasteiger partial charge < -0.3 is 0 Å². The summed E-state index contributed by atoms with van der Waals surface area (Å²) in [6.45, 7) is 0. The predicted octanol–water partition coefficient (Wildman–Crippen LogP) is 3.58. The van der Waals surface area contributed by atoms with Crippen molar-refractivity contribution in [2.45, 2.75) is 74.1 Å². The van der Waals surface area contributed by atoms with E-state index in [2.05, 4.69) is 14.9 Å². The molecule has 1 aliphatic heterocycles. The summed E-state index contributed by atoms with van der Waals surface area (Å²) in [6, 6.07) is 0. The van der Waals surface area contributed by atoms with Crippen LogP contribution in [0.2, 0.25) is 0 Å². The number of fused-ring (bicyclic) bond motifs is 2. The minimum atomic E-state index is 0.574. The van der Waals surface area contributed by atoms with Crippen molar-refractivity contribution >= 4 is 17.5 Å². The average molecular weight is 276 g/mol. The van der Waals surface area contributed by atoms with E-state index in [9.17, 15) is 0 Å². The molecule has 2 fully saturated rings. The number of hydrogen-bond donors (Lipinski definition) is 0. The third kappa shape index (κ3) is 2.12. The Morgan fingerprint density at radius 2 is 1.79 bits per heavy atom. The third-order valence-corrected chi connectivity index (χ3v) is 5.86. The molecule has 4 nitrogen and oxygen atoms in total. The number of nitrogens with zero attached hydrogens (tertiary/aromatic N) is 4. The first-order valence-corrected chi connectivity index (χ1v) is 8.49. The Kier molecular flexibility index (Phi) is 3.10. The van der Waals surface area contributed by atoms with Gasteiger partial charge in [0.05, 0.1) is 11.0 Å². The van der Waals surface area contributed by atoms with Crippen LogP contribution in [0.4, 0.5) is 0 Å². The van der Waals surface area contributed by atoms with E-state index in [0.29, 0.717) is 11.2 Å². The largest absolute Gasteiger partial charge is 0.212 e. The summed E-state index contributed by atoms with van der Waals surface area (Å²) in [5.41, 5.74) is 1.38. The summed E-state index contributed by atoms with van der Waals surface area (Å²) in [6.07, 6.45) is 11.6. The molecule has 1 aromatic rings. The van der Waals surface area contributed by atoms with E-state index < -0.39 is 0 Å². The van der Waals surface area contributed by atoms with Crippen LogP contribution in [-0.4, -0.2) is 25.8 Å². The highest BCUT2D eigenvalue weighted by molar-refractivity contribution is 8.00. The molecule has 0 aromatic carbocycles. The van der Waals surface area contributed by atoms with Gasteiger partial charge in [-0.2, -0.15) is 9.78 Å². The van der Waals surface area contributed by atoms with Gasteiger partial charge in [0.25, 0.3) is 0 Å². The Hall–Kier alpha value is -0.840. The summed E-state index contributed by atoms with van der Waals surface area (Å²) in [5.74, 6) is 1.71. The van der Waals surface area contributed by atoms with E-state index in [1.54, 1.807) is 0 Å². The first kappa shape index (κ1) is 11.9. The van der Waals surface area contributed by atoms with Gasteiger partial charge in [-0.15, -0.1) is 10.2 Å². The fraction of sp³-hybridized carbons (Fsp3) is 0.786. The topological polar surface area (TPSA) is 43.1 Å². The molecular weight excluding hydrogens is 256 g/mol. The van der Waals surface area contributed by atoms with Crippen molar-refractivity contribution in [3.63, 3.8) is 0 Å². The van der Waals surface area contributed by atoms with Gasteiger partial charge in [-0.3, -0.25) is 0 Å². The van der Waals surface area contributed by atoms with Gasteiger partial charge in [-0.05, 0) is 32.1 Å². The maximum atomic E-state index is 4.89. The zero-order valence-electron chi connectivity index (χ0n) is 11.2. The molecule has 0 N–H and O–H groups in total. The van der Waals surface area contributed by atoms with Crippen molar-refractivity contribution in [2.75, 3.05) is 0 Å². The smallest absolute Gasteiger partial charge is 0.191 e. The van der Waals surface area contributed by atoms with Crippen molar-refractivity contribution in [1.82, 2.24) is 14.9 Å². The quantitative estimate of drug-likeness (QED) is 0.787. The van der Waals surface area contributed by atoms with Gasteiger partial charge in [0.15, 0.2) is 5.82 Å². The summed E-state index contributed by atoms with van der Waals surface area (Å²) >= 11 is 1.88. The SMILES string of the molecule is C1CCC(c2nnc3n2N=C2CCCC[C@H]2S3)CC1. The van der Waals surface area contributed by atoms with E-state index in [1.165, 1.54) is 63.5 Å². The lowest BCUT2D eigenvalue weighted by molar-refractivity contribution is 0.416. The normalized spacial score (nSPS) is 27.6. The maximum Gasteiger partial charge on any atom is 0.212 e. The highest BCUT2D eigenvalue weighted by atomic mass is 32.2. The van der Waals surface area contributed by atoms with Crippen LogP contribution in [-0.2, 0) is 0 Å². The standard InChI is InChI=1S/C14H20N4S/c1-2-6-10(7-3-1)13-15-16-14-18(13)17-11-8-4-5-9-12(11)19-14/h10,12H,1-9H2/t12-/m1/s1. The second-order valence-electron chi connectivity index (χ2n) is 5.93. The lowest BCUT2D eigenvalue weighted by Crippen LogP contribution is -2.27. The third-order valence-electron chi connectivity index (χ3n) is 4.60. The van der Waals surface area contributed by atoms with Gasteiger partial charge in [0.2, 0.25) is 5.16 Å². The minimum absolute atomic E-state index is 0.574. The monoisotopic (exact) mass is 276 g/mol. The van der Waals surface area contributed by atoms with Crippen LogP contribution in [0.1, 0.15) is 69.5 Å². The van der Waals surface area contributed by atoms with Crippen molar-refractivity contribution in [3.05, 3.63) is 5.82 Å². The molecule has 5 heteroatoms. The van der Waals surface area contributed by atoms with Crippen LogP contribution >= 0.6 is 11.8 Å². The van der Waals surface area contributed by atoms with Gasteiger partial charge in [-0.25, -0.2) is 0 Å². The molecule has 0 amide bonds. The Morgan fingerprint density at radius 1 is 0.947 bits per heavy atom. The zero-order chi connectivity index (χ0) is 12.7. The molecule has 0 saturated heterocycles. The van der Waals surface area contributed by atoms with Gasteiger partial charge >= 0.3 is 0 Å². The van der Waals surface area contributed by atoms with E-state index >= 15 is 0 Å². The molecule has 0 spiro atoms. The lowest BCUT2D eigenvalue weighted by Gasteiger charge is -2.27. The molecular formula is C14H20N4S. The fourth-order valence-corrected chi connectivity index (χ4v) is 4.68. The van der Waals surface area contributed by atoms with E-state index in [1.807, 2.05) is 11.8 Å². The van der Waals surface area contributed by atoms with Crippen molar-refractivity contribution in [1.29, 1.82) is 0 Å². The van der Waals surface area contributed by atoms with Crippen LogP contribution in [0.3, 0.4) is 0 Å². The predicted molar refractivity (Wildman–Crippen MR) is 76.8 cm³/mol. The summed E-state index contributed by atoms with van der Waals surface area (Å²) < 4.78 is 2.07. The summed E-state index contributed by atoms with van der Waals surface area (Å²) in [7, 11) is 0. The van der Waals surface area contributed by atoms with Crippen LogP contribution < -0.4 is 0 Å².